The molecule has 16 nitrogen and oxygen atoms in total. The van der Waals surface area contributed by atoms with Gasteiger partial charge in [-0.3, -0.25) is 28.1 Å². The fourth-order valence-corrected chi connectivity index (χ4v) is 8.26. The fourth-order valence-electron chi connectivity index (χ4n) is 7.85. The Bertz CT molecular complexity index is 2380. The lowest BCUT2D eigenvalue weighted by Gasteiger charge is -2.27. The monoisotopic (exact) mass is 896 g/mol. The molecule has 2 heterocycles. The van der Waals surface area contributed by atoms with E-state index in [9.17, 15) is 39.0 Å². The molecule has 336 valence electrons. The lowest BCUT2D eigenvalue weighted by molar-refractivity contribution is -0.129. The summed E-state index contributed by atoms with van der Waals surface area (Å²) in [5.74, 6) is -1.02. The first-order chi connectivity index (χ1) is 29.4. The molecule has 4 aromatic rings. The largest absolute Gasteiger partial charge is 0.388 e. The summed E-state index contributed by atoms with van der Waals surface area (Å²) < 4.78 is 5.08. The van der Waals surface area contributed by atoms with Gasteiger partial charge in [0.05, 0.1) is 43.7 Å². The molecule has 2 aromatic heterocycles. The van der Waals surface area contributed by atoms with Crippen LogP contribution in [0.4, 0.5) is 4.79 Å². The van der Waals surface area contributed by atoms with Gasteiger partial charge in [-0.2, -0.15) is 0 Å². The van der Waals surface area contributed by atoms with E-state index in [2.05, 4.69) is 16.0 Å². The summed E-state index contributed by atoms with van der Waals surface area (Å²) in [7, 11) is 4.70. The Labute approximate surface area is 370 Å². The van der Waals surface area contributed by atoms with Crippen LogP contribution in [0.2, 0.25) is 10.0 Å². The van der Waals surface area contributed by atoms with Crippen LogP contribution in [0.3, 0.4) is 0 Å². The standard InChI is InChI=1S/2C22H29ClN4O4/c1-14-15(2)27(20(29)24-3)21(30)26(14)16-8-9-18(23)17(12-16)19(28)25-13-22(31)10-6-4-5-7-11-22;1-25(2)19(28)14-26-11-12-27(21(26)30)16-7-8-18(23)17(13-16)20(29)24-15-22(31)9-5-3-4-6-10-22/h8-9,12,31H,4-7,10-11,13H2,1-3H3,(H,24,29)(H,25,28);7-8,11-13,31H,3-6,9-10,14-15H2,1-2H3,(H,24,29). The van der Waals surface area contributed by atoms with Gasteiger partial charge in [0.25, 0.3) is 11.8 Å². The molecule has 2 aliphatic rings. The SMILES string of the molecule is CN(C)C(=O)Cn1ccn(-c2ccc(Cl)c(C(=O)NCC3(O)CCCCCC3)c2)c1=O.CNC(=O)n1c(C)c(C)n(-c2ccc(Cl)c(C(=O)NCC3(O)CCCCCC3)c2)c1=O. The summed E-state index contributed by atoms with van der Waals surface area (Å²) in [6.07, 6.45) is 13.8. The molecule has 2 fully saturated rings. The van der Waals surface area contributed by atoms with Crippen molar-refractivity contribution in [2.24, 2.45) is 0 Å². The van der Waals surface area contributed by atoms with Crippen LogP contribution >= 0.6 is 23.2 Å². The first-order valence-electron chi connectivity index (χ1n) is 21.0. The number of carbonyl (C=O) groups is 4. The summed E-state index contributed by atoms with van der Waals surface area (Å²) >= 11 is 12.5. The number of rotatable bonds is 10. The molecule has 2 aliphatic carbocycles. The Morgan fingerprint density at radius 1 is 0.694 bits per heavy atom. The van der Waals surface area contributed by atoms with E-state index in [-0.39, 0.29) is 46.7 Å². The lowest BCUT2D eigenvalue weighted by atomic mass is 9.94. The number of aliphatic hydroxyl groups is 2. The Hall–Kier alpha value is -5.16. The average molecular weight is 898 g/mol. The van der Waals surface area contributed by atoms with Crippen LogP contribution in [0.5, 0.6) is 0 Å². The maximum Gasteiger partial charge on any atom is 0.341 e. The molecular weight excluding hydrogens is 839 g/mol. The van der Waals surface area contributed by atoms with E-state index >= 15 is 0 Å². The highest BCUT2D eigenvalue weighted by atomic mass is 35.5. The highest BCUT2D eigenvalue weighted by Crippen LogP contribution is 2.29. The van der Waals surface area contributed by atoms with Gasteiger partial charge in [-0.15, -0.1) is 0 Å². The van der Waals surface area contributed by atoms with Crippen LogP contribution in [0.25, 0.3) is 11.4 Å². The Kier molecular flexibility index (Phi) is 16.1. The number of nitrogens with zero attached hydrogens (tertiary/aromatic N) is 5. The van der Waals surface area contributed by atoms with E-state index < -0.39 is 40.4 Å². The number of likely N-dealkylation sites (N-methyl/N-ethyl adjacent to an activating group) is 1. The zero-order valence-electron chi connectivity index (χ0n) is 36.1. The van der Waals surface area contributed by atoms with Gasteiger partial charge in [-0.25, -0.2) is 19.0 Å². The van der Waals surface area contributed by atoms with E-state index in [0.29, 0.717) is 48.4 Å². The first-order valence-corrected chi connectivity index (χ1v) is 21.8. The molecule has 0 spiro atoms. The number of hydrogen-bond acceptors (Lipinski definition) is 8. The third-order valence-corrected chi connectivity index (χ3v) is 12.5. The molecule has 2 aromatic carbocycles. The van der Waals surface area contributed by atoms with Gasteiger partial charge in [0.1, 0.15) is 6.54 Å². The lowest BCUT2D eigenvalue weighted by Crippen LogP contribution is -2.42. The van der Waals surface area contributed by atoms with Gasteiger partial charge >= 0.3 is 17.4 Å². The van der Waals surface area contributed by atoms with Crippen molar-refractivity contribution >= 4 is 47.0 Å². The predicted octanol–water partition coefficient (Wildman–Crippen LogP) is 5.11. The number of halogens is 2. The first kappa shape index (κ1) is 47.9. The van der Waals surface area contributed by atoms with E-state index in [1.807, 2.05) is 0 Å². The Morgan fingerprint density at radius 3 is 1.63 bits per heavy atom. The summed E-state index contributed by atoms with van der Waals surface area (Å²) in [6.45, 7) is 3.65. The van der Waals surface area contributed by atoms with Crippen molar-refractivity contribution in [3.63, 3.8) is 0 Å². The van der Waals surface area contributed by atoms with Crippen LogP contribution in [0, 0.1) is 13.8 Å². The summed E-state index contributed by atoms with van der Waals surface area (Å²) in [5, 5.41) is 30.1. The normalized spacial score (nSPS) is 15.9. The van der Waals surface area contributed by atoms with Crippen molar-refractivity contribution in [2.45, 2.75) is 109 Å². The zero-order chi connectivity index (χ0) is 45.4. The Balaban J connectivity index is 0.000000234. The number of imidazole rings is 2. The van der Waals surface area contributed by atoms with Gasteiger partial charge in [0, 0.05) is 58.0 Å². The van der Waals surface area contributed by atoms with Crippen LogP contribution < -0.4 is 27.3 Å². The summed E-state index contributed by atoms with van der Waals surface area (Å²) in [4.78, 5) is 76.6. The van der Waals surface area contributed by atoms with Gasteiger partial charge in [0.2, 0.25) is 5.91 Å². The van der Waals surface area contributed by atoms with Gasteiger partial charge in [-0.1, -0.05) is 74.6 Å². The number of hydrogen-bond donors (Lipinski definition) is 5. The topological polar surface area (TPSA) is 202 Å². The Morgan fingerprint density at radius 2 is 1.16 bits per heavy atom. The quantitative estimate of drug-likeness (QED) is 0.135. The van der Waals surface area contributed by atoms with Gasteiger partial charge in [-0.05, 0) is 75.9 Å². The van der Waals surface area contributed by atoms with E-state index in [1.165, 1.54) is 44.0 Å². The molecular formula is C44H58Cl2N8O8. The molecule has 62 heavy (non-hydrogen) atoms. The number of aromatic nitrogens is 4. The van der Waals surface area contributed by atoms with Gasteiger partial charge in [0.15, 0.2) is 0 Å². The number of amides is 4. The van der Waals surface area contributed by atoms with E-state index in [4.69, 9.17) is 23.2 Å². The number of nitrogens with one attached hydrogen (secondary N) is 3. The second kappa shape index (κ2) is 20.8. The number of benzene rings is 2. The molecule has 0 bridgehead atoms. The number of carbonyl (C=O) groups excluding carboxylic acids is 4. The van der Waals surface area contributed by atoms with Crippen molar-refractivity contribution < 1.29 is 29.4 Å². The predicted molar refractivity (Wildman–Crippen MR) is 238 cm³/mol. The van der Waals surface area contributed by atoms with Crippen molar-refractivity contribution in [1.29, 1.82) is 0 Å². The van der Waals surface area contributed by atoms with Crippen molar-refractivity contribution in [3.8, 4) is 11.4 Å². The van der Waals surface area contributed by atoms with Crippen molar-refractivity contribution in [1.82, 2.24) is 39.1 Å². The minimum atomic E-state index is -0.911. The average Bonchev–Trinajstić information content (AvgIpc) is 3.46. The highest BCUT2D eigenvalue weighted by Gasteiger charge is 2.30. The van der Waals surface area contributed by atoms with Crippen LogP contribution in [-0.2, 0) is 11.3 Å². The minimum Gasteiger partial charge on any atom is -0.388 e. The minimum absolute atomic E-state index is 0.0711. The maximum atomic E-state index is 12.9. The maximum absolute atomic E-state index is 12.9. The molecule has 2 saturated carbocycles. The van der Waals surface area contributed by atoms with Crippen molar-refractivity contribution in [2.75, 3.05) is 34.2 Å². The summed E-state index contributed by atoms with van der Waals surface area (Å²) in [6, 6.07) is 8.89. The molecule has 0 radical (unpaired) electrons. The smallest absolute Gasteiger partial charge is 0.341 e. The summed E-state index contributed by atoms with van der Waals surface area (Å²) in [5.41, 5.74) is -0.341. The van der Waals surface area contributed by atoms with E-state index in [1.54, 1.807) is 58.4 Å². The molecule has 6 rings (SSSR count). The second-order valence-electron chi connectivity index (χ2n) is 16.5. The van der Waals surface area contributed by atoms with Crippen molar-refractivity contribution in [3.05, 3.63) is 102 Å². The van der Waals surface area contributed by atoms with Crippen LogP contribution in [-0.4, -0.2) is 103 Å². The molecule has 5 N–H and O–H groups in total. The fraction of sp³-hybridized carbons (Fsp3) is 0.500. The zero-order valence-corrected chi connectivity index (χ0v) is 37.6. The molecule has 0 aliphatic heterocycles. The van der Waals surface area contributed by atoms with Gasteiger partial charge < -0.3 is 31.1 Å². The van der Waals surface area contributed by atoms with Crippen LogP contribution in [0.1, 0.15) is 109 Å². The molecule has 0 saturated heterocycles. The molecule has 4 amide bonds. The second-order valence-corrected chi connectivity index (χ2v) is 17.3. The van der Waals surface area contributed by atoms with E-state index in [0.717, 1.165) is 55.9 Å². The van der Waals surface area contributed by atoms with Crippen LogP contribution in [0.15, 0.2) is 58.4 Å². The molecule has 0 atom stereocenters. The highest BCUT2D eigenvalue weighted by molar-refractivity contribution is 6.34. The molecule has 18 heteroatoms. The molecule has 0 unspecified atom stereocenters. The third-order valence-electron chi connectivity index (χ3n) is 11.8. The third kappa shape index (κ3) is 11.4.